The monoisotopic (exact) mass is 383 g/mol. The van der Waals surface area contributed by atoms with E-state index in [0.29, 0.717) is 16.8 Å². The number of nitrogens with one attached hydrogen (secondary N) is 2. The van der Waals surface area contributed by atoms with Gasteiger partial charge >= 0.3 is 0 Å². The second-order valence-corrected chi connectivity index (χ2v) is 6.35. The first-order valence-electron chi connectivity index (χ1n) is 9.15. The number of nitrogens with zero attached hydrogens (tertiary/aromatic N) is 1. The third-order valence-electron chi connectivity index (χ3n) is 4.15. The molecule has 0 atom stereocenters. The SMILES string of the molecule is Cc1ccc(C(=O)Nc2ccccc2C(=O)N/N=C\C=C\c2ccccc2)cc1. The minimum absolute atomic E-state index is 0.278. The lowest BCUT2D eigenvalue weighted by Gasteiger charge is -2.10. The summed E-state index contributed by atoms with van der Waals surface area (Å²) in [6.45, 7) is 1.96. The van der Waals surface area contributed by atoms with Crippen LogP contribution in [0.4, 0.5) is 5.69 Å². The molecule has 0 aliphatic carbocycles. The Morgan fingerprint density at radius 2 is 1.52 bits per heavy atom. The van der Waals surface area contributed by atoms with Crippen molar-refractivity contribution in [1.29, 1.82) is 0 Å². The average molecular weight is 383 g/mol. The number of benzene rings is 3. The van der Waals surface area contributed by atoms with Crippen molar-refractivity contribution in [3.8, 4) is 0 Å². The van der Waals surface area contributed by atoms with Gasteiger partial charge in [-0.2, -0.15) is 5.10 Å². The van der Waals surface area contributed by atoms with Gasteiger partial charge in [0.1, 0.15) is 0 Å². The van der Waals surface area contributed by atoms with E-state index < -0.39 is 5.91 Å². The van der Waals surface area contributed by atoms with Crippen LogP contribution < -0.4 is 10.7 Å². The molecule has 2 N–H and O–H groups in total. The zero-order valence-corrected chi connectivity index (χ0v) is 16.0. The summed E-state index contributed by atoms with van der Waals surface area (Å²) >= 11 is 0. The Morgan fingerprint density at radius 1 is 0.828 bits per heavy atom. The van der Waals surface area contributed by atoms with Gasteiger partial charge < -0.3 is 5.32 Å². The maximum atomic E-state index is 12.5. The van der Waals surface area contributed by atoms with Crippen LogP contribution in [0.1, 0.15) is 31.8 Å². The van der Waals surface area contributed by atoms with Crippen LogP contribution in [0.25, 0.3) is 6.08 Å². The van der Waals surface area contributed by atoms with E-state index in [-0.39, 0.29) is 5.91 Å². The van der Waals surface area contributed by atoms with E-state index >= 15 is 0 Å². The normalized spacial score (nSPS) is 10.9. The van der Waals surface area contributed by atoms with Crippen LogP contribution in [-0.2, 0) is 0 Å². The van der Waals surface area contributed by atoms with E-state index in [1.807, 2.05) is 55.5 Å². The molecular weight excluding hydrogens is 362 g/mol. The van der Waals surface area contributed by atoms with Crippen LogP contribution >= 0.6 is 0 Å². The van der Waals surface area contributed by atoms with Gasteiger partial charge in [-0.15, -0.1) is 0 Å². The summed E-state index contributed by atoms with van der Waals surface area (Å²) in [6, 6.07) is 23.8. The number of amides is 2. The summed E-state index contributed by atoms with van der Waals surface area (Å²) in [7, 11) is 0. The van der Waals surface area contributed by atoms with Gasteiger partial charge in [0.15, 0.2) is 0 Å². The zero-order chi connectivity index (χ0) is 20.5. The van der Waals surface area contributed by atoms with Crippen molar-refractivity contribution >= 4 is 29.8 Å². The highest BCUT2D eigenvalue weighted by Gasteiger charge is 2.13. The molecule has 3 rings (SSSR count). The zero-order valence-electron chi connectivity index (χ0n) is 16.0. The molecule has 0 bridgehead atoms. The van der Waals surface area contributed by atoms with E-state index in [2.05, 4.69) is 15.8 Å². The van der Waals surface area contributed by atoms with Gasteiger partial charge in [0.2, 0.25) is 0 Å². The van der Waals surface area contributed by atoms with Gasteiger partial charge in [-0.25, -0.2) is 5.43 Å². The van der Waals surface area contributed by atoms with Gasteiger partial charge in [-0.1, -0.05) is 66.2 Å². The molecule has 0 aromatic heterocycles. The Kier molecular flexibility index (Phi) is 6.68. The molecular formula is C24H21N3O2. The summed E-state index contributed by atoms with van der Waals surface area (Å²) in [5.41, 5.74) is 5.86. The quantitative estimate of drug-likeness (QED) is 0.479. The second kappa shape index (κ2) is 9.80. The van der Waals surface area contributed by atoms with Crippen molar-refractivity contribution in [3.05, 3.63) is 107 Å². The highest BCUT2D eigenvalue weighted by atomic mass is 16.2. The topological polar surface area (TPSA) is 70.6 Å². The molecule has 0 heterocycles. The minimum atomic E-state index is -0.408. The smallest absolute Gasteiger partial charge is 0.273 e. The van der Waals surface area contributed by atoms with Gasteiger partial charge in [0.05, 0.1) is 11.3 Å². The lowest BCUT2D eigenvalue weighted by Crippen LogP contribution is -2.21. The van der Waals surface area contributed by atoms with E-state index in [0.717, 1.165) is 11.1 Å². The molecule has 0 fully saturated rings. The minimum Gasteiger partial charge on any atom is -0.321 e. The van der Waals surface area contributed by atoms with Crippen LogP contribution in [-0.4, -0.2) is 18.0 Å². The number of para-hydroxylation sites is 1. The highest BCUT2D eigenvalue weighted by molar-refractivity contribution is 6.09. The number of carbonyl (C=O) groups is 2. The number of hydrogen-bond donors (Lipinski definition) is 2. The number of hydrazone groups is 1. The fraction of sp³-hybridized carbons (Fsp3) is 0.0417. The molecule has 5 heteroatoms. The summed E-state index contributed by atoms with van der Waals surface area (Å²) in [5, 5.41) is 6.71. The Morgan fingerprint density at radius 3 is 2.28 bits per heavy atom. The van der Waals surface area contributed by atoms with Crippen LogP contribution in [0.3, 0.4) is 0 Å². The average Bonchev–Trinajstić information content (AvgIpc) is 2.75. The third-order valence-corrected chi connectivity index (χ3v) is 4.15. The number of allylic oxidation sites excluding steroid dienone is 1. The molecule has 29 heavy (non-hydrogen) atoms. The number of hydrogen-bond acceptors (Lipinski definition) is 3. The second-order valence-electron chi connectivity index (χ2n) is 6.35. The lowest BCUT2D eigenvalue weighted by molar-refractivity contribution is 0.0956. The molecule has 0 aliphatic heterocycles. The van der Waals surface area contributed by atoms with Crippen LogP contribution in [0, 0.1) is 6.92 Å². The van der Waals surface area contributed by atoms with E-state index in [1.165, 1.54) is 6.21 Å². The van der Waals surface area contributed by atoms with E-state index in [1.54, 1.807) is 42.5 Å². The standard InChI is InChI=1S/C24H21N3O2/c1-18-13-15-20(16-14-18)23(28)26-22-12-6-5-11-21(22)24(29)27-25-17-7-10-19-8-3-2-4-9-19/h2-17H,1H3,(H,26,28)(H,27,29)/b10-7+,25-17-. The molecule has 144 valence electrons. The van der Waals surface area contributed by atoms with Crippen molar-refractivity contribution in [2.75, 3.05) is 5.32 Å². The molecule has 3 aromatic rings. The predicted octanol–water partition coefficient (Wildman–Crippen LogP) is 4.68. The molecule has 0 saturated heterocycles. The fourth-order valence-electron chi connectivity index (χ4n) is 2.61. The number of rotatable bonds is 6. The van der Waals surface area contributed by atoms with Gasteiger partial charge in [-0.3, -0.25) is 9.59 Å². The first-order valence-corrected chi connectivity index (χ1v) is 9.15. The summed E-state index contributed by atoms with van der Waals surface area (Å²) in [5.74, 6) is -0.686. The Hall–Kier alpha value is -3.99. The van der Waals surface area contributed by atoms with Gasteiger partial charge in [0.25, 0.3) is 11.8 Å². The lowest BCUT2D eigenvalue weighted by atomic mass is 10.1. The van der Waals surface area contributed by atoms with Gasteiger partial charge in [0, 0.05) is 11.8 Å². The number of aryl methyl sites for hydroxylation is 1. The molecule has 2 amide bonds. The van der Waals surface area contributed by atoms with Crippen molar-refractivity contribution in [3.63, 3.8) is 0 Å². The molecule has 0 spiro atoms. The molecule has 0 saturated carbocycles. The molecule has 5 nitrogen and oxygen atoms in total. The van der Waals surface area contributed by atoms with E-state index in [4.69, 9.17) is 0 Å². The van der Waals surface area contributed by atoms with Crippen molar-refractivity contribution in [1.82, 2.24) is 5.43 Å². The summed E-state index contributed by atoms with van der Waals surface area (Å²) < 4.78 is 0. The van der Waals surface area contributed by atoms with Gasteiger partial charge in [-0.05, 0) is 42.8 Å². The van der Waals surface area contributed by atoms with Crippen molar-refractivity contribution in [2.45, 2.75) is 6.92 Å². The Bertz CT molecular complexity index is 1040. The number of carbonyl (C=O) groups excluding carboxylic acids is 2. The van der Waals surface area contributed by atoms with E-state index in [9.17, 15) is 9.59 Å². The van der Waals surface area contributed by atoms with Crippen molar-refractivity contribution in [2.24, 2.45) is 5.10 Å². The first kappa shape index (κ1) is 19.8. The van der Waals surface area contributed by atoms with Crippen LogP contribution in [0.15, 0.2) is 90.0 Å². The number of anilines is 1. The fourth-order valence-corrected chi connectivity index (χ4v) is 2.61. The molecule has 0 unspecified atom stereocenters. The van der Waals surface area contributed by atoms with Crippen LogP contribution in [0.5, 0.6) is 0 Å². The Labute approximate surface area is 169 Å². The third kappa shape index (κ3) is 5.74. The first-order chi connectivity index (χ1) is 14.1. The molecule has 0 aliphatic rings. The largest absolute Gasteiger partial charge is 0.321 e. The molecule has 0 radical (unpaired) electrons. The predicted molar refractivity (Wildman–Crippen MR) is 117 cm³/mol. The Balaban J connectivity index is 1.64. The highest BCUT2D eigenvalue weighted by Crippen LogP contribution is 2.16. The maximum absolute atomic E-state index is 12.5. The summed E-state index contributed by atoms with van der Waals surface area (Å²) in [4.78, 5) is 24.9. The maximum Gasteiger partial charge on any atom is 0.273 e. The molecule has 3 aromatic carbocycles. The van der Waals surface area contributed by atoms with Crippen molar-refractivity contribution < 1.29 is 9.59 Å². The van der Waals surface area contributed by atoms with Crippen LogP contribution in [0.2, 0.25) is 0 Å². The summed E-state index contributed by atoms with van der Waals surface area (Å²) in [6.07, 6.45) is 5.12.